The third-order valence-corrected chi connectivity index (χ3v) is 3.77. The van der Waals surface area contributed by atoms with Crippen LogP contribution in [0.3, 0.4) is 0 Å². The molecule has 3 rings (SSSR count). The minimum atomic E-state index is -0.503. The summed E-state index contributed by atoms with van der Waals surface area (Å²) in [6.07, 6.45) is 3.29. The molecule has 0 radical (unpaired) electrons. The maximum Gasteiger partial charge on any atom is 0.336 e. The highest BCUT2D eigenvalue weighted by Crippen LogP contribution is 2.42. The van der Waals surface area contributed by atoms with Gasteiger partial charge in [0.15, 0.2) is 11.2 Å². The van der Waals surface area contributed by atoms with Crippen molar-refractivity contribution in [2.24, 2.45) is 0 Å². The molecule has 0 amide bonds. The Morgan fingerprint density at radius 3 is 2.62 bits per heavy atom. The molecule has 2 aromatic heterocycles. The molecule has 7 nitrogen and oxygen atoms in total. The van der Waals surface area contributed by atoms with Gasteiger partial charge in [0, 0.05) is 13.0 Å². The van der Waals surface area contributed by atoms with Gasteiger partial charge in [0.25, 0.3) is 0 Å². The molecule has 0 fully saturated rings. The van der Waals surface area contributed by atoms with E-state index in [2.05, 4.69) is 0 Å². The Hall–Kier alpha value is -3.22. The molecule has 136 valence electrons. The number of benzene rings is 1. The third-order valence-electron chi connectivity index (χ3n) is 3.77. The molecule has 7 heteroatoms. The van der Waals surface area contributed by atoms with E-state index in [1.54, 1.807) is 18.2 Å². The van der Waals surface area contributed by atoms with Crippen LogP contribution in [0.2, 0.25) is 0 Å². The van der Waals surface area contributed by atoms with Crippen molar-refractivity contribution in [3.63, 3.8) is 0 Å². The van der Waals surface area contributed by atoms with Gasteiger partial charge in [0.2, 0.25) is 5.75 Å². The van der Waals surface area contributed by atoms with E-state index < -0.39 is 5.63 Å². The number of hydrogen-bond acceptors (Lipinski definition) is 7. The first kappa shape index (κ1) is 17.6. The number of methoxy groups -OCH3 is 1. The summed E-state index contributed by atoms with van der Waals surface area (Å²) in [5.41, 5.74) is 1.00. The van der Waals surface area contributed by atoms with Gasteiger partial charge in [0.1, 0.15) is 19.0 Å². The predicted molar refractivity (Wildman–Crippen MR) is 94.7 cm³/mol. The molecular weight excluding hydrogens is 340 g/mol. The van der Waals surface area contributed by atoms with Crippen LogP contribution >= 0.6 is 0 Å². The molecule has 0 aliphatic heterocycles. The number of carbonyl (C=O) groups is 1. The maximum absolute atomic E-state index is 11.7. The lowest BCUT2D eigenvalue weighted by Crippen LogP contribution is -2.04. The molecule has 0 aliphatic rings. The molecule has 2 heterocycles. The van der Waals surface area contributed by atoms with Crippen molar-refractivity contribution < 1.29 is 27.8 Å². The monoisotopic (exact) mass is 358 g/mol. The number of carbonyl (C=O) groups excluding carboxylic acids is 1. The van der Waals surface area contributed by atoms with Crippen molar-refractivity contribution >= 4 is 27.9 Å². The topological polar surface area (TPSA) is 88.1 Å². The van der Waals surface area contributed by atoms with Gasteiger partial charge in [0.05, 0.1) is 24.1 Å². The van der Waals surface area contributed by atoms with E-state index in [0.29, 0.717) is 27.9 Å². The highest BCUT2D eigenvalue weighted by atomic mass is 16.5. The lowest BCUT2D eigenvalue weighted by Gasteiger charge is -2.11. The molecular formula is C19H18O7. The van der Waals surface area contributed by atoms with Crippen LogP contribution in [-0.2, 0) is 9.53 Å². The summed E-state index contributed by atoms with van der Waals surface area (Å²) in [7, 11) is 1.54. The van der Waals surface area contributed by atoms with Gasteiger partial charge in [-0.25, -0.2) is 4.79 Å². The van der Waals surface area contributed by atoms with Gasteiger partial charge >= 0.3 is 11.6 Å². The molecule has 0 saturated heterocycles. The summed E-state index contributed by atoms with van der Waals surface area (Å²) >= 11 is 0. The average molecular weight is 358 g/mol. The Bertz CT molecular complexity index is 1040. The number of fused-ring (bicyclic) bond motifs is 2. The van der Waals surface area contributed by atoms with Crippen LogP contribution in [0.25, 0.3) is 21.9 Å². The van der Waals surface area contributed by atoms with Gasteiger partial charge in [-0.1, -0.05) is 0 Å². The fourth-order valence-corrected chi connectivity index (χ4v) is 2.57. The summed E-state index contributed by atoms with van der Waals surface area (Å²) in [5.74, 6) is 0.510. The average Bonchev–Trinajstić information content (AvgIpc) is 3.09. The predicted octanol–water partition coefficient (Wildman–Crippen LogP) is 3.44. The maximum atomic E-state index is 11.7. The first-order chi connectivity index (χ1) is 12.5. The Kier molecular flexibility index (Phi) is 4.97. The van der Waals surface area contributed by atoms with E-state index in [1.807, 2.05) is 6.92 Å². The van der Waals surface area contributed by atoms with Crippen LogP contribution in [0.5, 0.6) is 11.5 Å². The summed E-state index contributed by atoms with van der Waals surface area (Å²) in [6, 6.07) is 4.71. The van der Waals surface area contributed by atoms with Crippen LogP contribution in [-0.4, -0.2) is 26.3 Å². The Morgan fingerprint density at radius 1 is 1.12 bits per heavy atom. The Balaban J connectivity index is 2.00. The molecule has 0 atom stereocenters. The normalized spacial score (nSPS) is 11.7. The number of esters is 1. The first-order valence-electron chi connectivity index (χ1n) is 7.94. The van der Waals surface area contributed by atoms with Crippen molar-refractivity contribution in [2.45, 2.75) is 13.8 Å². The van der Waals surface area contributed by atoms with Crippen molar-refractivity contribution in [3.8, 4) is 11.5 Å². The largest absolute Gasteiger partial charge is 0.495 e. The fraction of sp³-hybridized carbons (Fsp3) is 0.263. The Labute approximate surface area is 148 Å². The van der Waals surface area contributed by atoms with E-state index in [1.165, 1.54) is 26.4 Å². The molecule has 0 saturated carbocycles. The minimum Gasteiger partial charge on any atom is -0.495 e. The fourth-order valence-electron chi connectivity index (χ4n) is 2.57. The van der Waals surface area contributed by atoms with Gasteiger partial charge in [-0.15, -0.1) is 0 Å². The van der Waals surface area contributed by atoms with Crippen LogP contribution in [0.4, 0.5) is 0 Å². The zero-order valence-corrected chi connectivity index (χ0v) is 14.7. The molecule has 1 aromatic carbocycles. The number of hydrogen-bond donors (Lipinski definition) is 0. The number of ether oxygens (including phenoxy) is 3. The smallest absolute Gasteiger partial charge is 0.336 e. The highest BCUT2D eigenvalue weighted by molar-refractivity contribution is 6.06. The van der Waals surface area contributed by atoms with E-state index in [-0.39, 0.29) is 24.8 Å². The quantitative estimate of drug-likeness (QED) is 0.379. The Morgan fingerprint density at radius 2 is 1.88 bits per heavy atom. The summed E-state index contributed by atoms with van der Waals surface area (Å²) < 4.78 is 27.1. The highest BCUT2D eigenvalue weighted by Gasteiger charge is 2.20. The second-order valence-corrected chi connectivity index (χ2v) is 5.66. The molecule has 26 heavy (non-hydrogen) atoms. The van der Waals surface area contributed by atoms with Gasteiger partial charge < -0.3 is 23.0 Å². The van der Waals surface area contributed by atoms with Crippen molar-refractivity contribution in [2.75, 3.05) is 20.3 Å². The molecule has 0 spiro atoms. The second-order valence-electron chi connectivity index (χ2n) is 5.66. The van der Waals surface area contributed by atoms with Crippen LogP contribution in [0.15, 0.2) is 49.7 Å². The molecule has 0 N–H and O–H groups in total. The lowest BCUT2D eigenvalue weighted by atomic mass is 10.1. The lowest BCUT2D eigenvalue weighted by molar-refractivity contribution is -0.139. The van der Waals surface area contributed by atoms with Crippen LogP contribution < -0.4 is 15.1 Å². The van der Waals surface area contributed by atoms with Crippen LogP contribution in [0, 0.1) is 0 Å². The zero-order valence-electron chi connectivity index (χ0n) is 14.7. The molecule has 0 bridgehead atoms. The SMILES string of the molecule is COc1c2ccoc2c(OC/C=C(/C)COC(C)=O)c2oc(=O)ccc12. The van der Waals surface area contributed by atoms with Crippen LogP contribution in [0.1, 0.15) is 13.8 Å². The van der Waals surface area contributed by atoms with E-state index in [0.717, 1.165) is 5.57 Å². The number of furan rings is 1. The zero-order chi connectivity index (χ0) is 18.7. The van der Waals surface area contributed by atoms with Crippen molar-refractivity contribution in [3.05, 3.63) is 46.5 Å². The standard InChI is InChI=1S/C19H18O7/c1-11(10-25-12(2)20)6-8-24-19-17-14(7-9-23-17)16(22-3)13-4-5-15(21)26-18(13)19/h4-7,9H,8,10H2,1-3H3/b11-6-. The van der Waals surface area contributed by atoms with Gasteiger partial charge in [-0.05, 0) is 30.7 Å². The van der Waals surface area contributed by atoms with Crippen molar-refractivity contribution in [1.82, 2.24) is 0 Å². The summed E-state index contributed by atoms with van der Waals surface area (Å²) in [4.78, 5) is 22.5. The molecule has 0 unspecified atom stereocenters. The second kappa shape index (κ2) is 7.35. The number of rotatable bonds is 6. The van der Waals surface area contributed by atoms with Gasteiger partial charge in [-0.3, -0.25) is 4.79 Å². The third kappa shape index (κ3) is 3.42. The van der Waals surface area contributed by atoms with E-state index in [9.17, 15) is 9.59 Å². The summed E-state index contributed by atoms with van der Waals surface area (Å²) in [5, 5.41) is 1.32. The van der Waals surface area contributed by atoms with Crippen molar-refractivity contribution in [1.29, 1.82) is 0 Å². The van der Waals surface area contributed by atoms with Gasteiger partial charge in [-0.2, -0.15) is 0 Å². The van der Waals surface area contributed by atoms with E-state index >= 15 is 0 Å². The molecule has 3 aromatic rings. The summed E-state index contributed by atoms with van der Waals surface area (Å²) in [6.45, 7) is 3.54. The minimum absolute atomic E-state index is 0.183. The molecule has 0 aliphatic carbocycles. The van der Waals surface area contributed by atoms with E-state index in [4.69, 9.17) is 23.0 Å². The first-order valence-corrected chi connectivity index (χ1v) is 7.94.